The molecule has 80 valence electrons. The average molecular weight is 280 g/mol. The lowest BCUT2D eigenvalue weighted by molar-refractivity contribution is 0.202. The minimum absolute atomic E-state index is 0.108. The van der Waals surface area contributed by atoms with Crippen LogP contribution in [0.1, 0.15) is 26.7 Å². The van der Waals surface area contributed by atoms with Crippen LogP contribution in [-0.2, 0) is 0 Å². The second-order valence-electron chi connectivity index (χ2n) is 3.13. The number of aliphatic hydroxyl groups excluding tert-OH is 1. The number of aliphatic hydroxyl groups is 1. The molecule has 0 bridgehead atoms. The SMILES string of the molecule is CCC(CC)(CO)Nc1nnc(Br)s1. The van der Waals surface area contributed by atoms with Crippen molar-refractivity contribution in [1.29, 1.82) is 0 Å². The van der Waals surface area contributed by atoms with Gasteiger partial charge in [0.05, 0.1) is 12.1 Å². The molecule has 0 amide bonds. The number of nitrogens with one attached hydrogen (secondary N) is 1. The zero-order valence-corrected chi connectivity index (χ0v) is 10.7. The minimum atomic E-state index is -0.265. The normalized spacial score (nSPS) is 11.7. The molecule has 0 fully saturated rings. The van der Waals surface area contributed by atoms with Gasteiger partial charge < -0.3 is 10.4 Å². The summed E-state index contributed by atoms with van der Waals surface area (Å²) in [5, 5.41) is 21.1. The lowest BCUT2D eigenvalue weighted by atomic mass is 9.94. The molecule has 14 heavy (non-hydrogen) atoms. The van der Waals surface area contributed by atoms with E-state index in [1.54, 1.807) is 0 Å². The van der Waals surface area contributed by atoms with Crippen LogP contribution in [-0.4, -0.2) is 27.4 Å². The maximum Gasteiger partial charge on any atom is 0.206 e. The standard InChI is InChI=1S/C8H14BrN3OS/c1-3-8(4-2,5-13)10-7-12-11-6(9)14-7/h13H,3-5H2,1-2H3,(H,10,12). The first-order valence-corrected chi connectivity index (χ1v) is 6.15. The molecule has 1 aromatic rings. The summed E-state index contributed by atoms with van der Waals surface area (Å²) in [6, 6.07) is 0. The Hall–Kier alpha value is -0.200. The van der Waals surface area contributed by atoms with Gasteiger partial charge in [0.1, 0.15) is 0 Å². The molecule has 0 aromatic carbocycles. The van der Waals surface area contributed by atoms with E-state index in [4.69, 9.17) is 0 Å². The van der Waals surface area contributed by atoms with Gasteiger partial charge in [0.2, 0.25) is 5.13 Å². The monoisotopic (exact) mass is 279 g/mol. The first-order chi connectivity index (χ1) is 6.65. The molecule has 0 saturated carbocycles. The molecular formula is C8H14BrN3OS. The molecule has 2 N–H and O–H groups in total. The third kappa shape index (κ3) is 2.65. The van der Waals surface area contributed by atoms with Crippen LogP contribution < -0.4 is 5.32 Å². The third-order valence-electron chi connectivity index (χ3n) is 2.43. The summed E-state index contributed by atoms with van der Waals surface area (Å²) in [6.45, 7) is 4.20. The smallest absolute Gasteiger partial charge is 0.206 e. The maximum absolute atomic E-state index is 9.33. The Morgan fingerprint density at radius 1 is 1.43 bits per heavy atom. The predicted octanol–water partition coefficient (Wildman–Crippen LogP) is 2.26. The summed E-state index contributed by atoms with van der Waals surface area (Å²) in [4.78, 5) is 0. The molecule has 1 heterocycles. The highest BCUT2D eigenvalue weighted by atomic mass is 79.9. The topological polar surface area (TPSA) is 58.0 Å². The van der Waals surface area contributed by atoms with Gasteiger partial charge in [-0.15, -0.1) is 10.2 Å². The molecule has 0 atom stereocenters. The summed E-state index contributed by atoms with van der Waals surface area (Å²) in [7, 11) is 0. The zero-order chi connectivity index (χ0) is 10.6. The number of nitrogens with zero attached hydrogens (tertiary/aromatic N) is 2. The molecule has 0 unspecified atom stereocenters. The van der Waals surface area contributed by atoms with E-state index < -0.39 is 0 Å². The van der Waals surface area contributed by atoms with Gasteiger partial charge in [-0.2, -0.15) is 0 Å². The van der Waals surface area contributed by atoms with Crippen LogP contribution in [0.2, 0.25) is 0 Å². The van der Waals surface area contributed by atoms with E-state index in [2.05, 4.69) is 31.4 Å². The lowest BCUT2D eigenvalue weighted by Gasteiger charge is -2.30. The molecule has 1 aromatic heterocycles. The van der Waals surface area contributed by atoms with Crippen molar-refractivity contribution in [2.75, 3.05) is 11.9 Å². The van der Waals surface area contributed by atoms with E-state index in [1.807, 2.05) is 13.8 Å². The Labute approximate surface area is 95.9 Å². The van der Waals surface area contributed by atoms with Crippen molar-refractivity contribution in [1.82, 2.24) is 10.2 Å². The van der Waals surface area contributed by atoms with Crippen LogP contribution in [0.4, 0.5) is 5.13 Å². The largest absolute Gasteiger partial charge is 0.394 e. The molecule has 6 heteroatoms. The Balaban J connectivity index is 2.73. The molecular weight excluding hydrogens is 266 g/mol. The molecule has 0 aliphatic rings. The highest BCUT2D eigenvalue weighted by Crippen LogP contribution is 2.26. The molecule has 4 nitrogen and oxygen atoms in total. The molecule has 0 aliphatic carbocycles. The van der Waals surface area contributed by atoms with Crippen LogP contribution in [0.15, 0.2) is 3.92 Å². The van der Waals surface area contributed by atoms with Crippen molar-refractivity contribution in [2.24, 2.45) is 0 Å². The highest BCUT2D eigenvalue weighted by Gasteiger charge is 2.26. The van der Waals surface area contributed by atoms with Crippen molar-refractivity contribution in [3.8, 4) is 0 Å². The first-order valence-electron chi connectivity index (χ1n) is 4.54. The number of aromatic nitrogens is 2. The van der Waals surface area contributed by atoms with E-state index in [-0.39, 0.29) is 12.1 Å². The summed E-state index contributed by atoms with van der Waals surface area (Å²) in [5.41, 5.74) is -0.265. The summed E-state index contributed by atoms with van der Waals surface area (Å²) >= 11 is 4.68. The summed E-state index contributed by atoms with van der Waals surface area (Å²) < 4.78 is 0.749. The Morgan fingerprint density at radius 2 is 2.07 bits per heavy atom. The van der Waals surface area contributed by atoms with Crippen LogP contribution in [0.5, 0.6) is 0 Å². The van der Waals surface area contributed by atoms with Gasteiger partial charge in [-0.05, 0) is 28.8 Å². The van der Waals surface area contributed by atoms with Crippen molar-refractivity contribution in [3.05, 3.63) is 3.92 Å². The Morgan fingerprint density at radius 3 is 2.43 bits per heavy atom. The lowest BCUT2D eigenvalue weighted by Crippen LogP contribution is -2.40. The van der Waals surface area contributed by atoms with Gasteiger partial charge in [-0.1, -0.05) is 25.2 Å². The van der Waals surface area contributed by atoms with Crippen molar-refractivity contribution < 1.29 is 5.11 Å². The molecule has 0 radical (unpaired) electrons. The van der Waals surface area contributed by atoms with Gasteiger partial charge in [0.25, 0.3) is 0 Å². The van der Waals surface area contributed by atoms with Crippen LogP contribution in [0, 0.1) is 0 Å². The Bertz CT molecular complexity index is 280. The fourth-order valence-electron chi connectivity index (χ4n) is 1.17. The highest BCUT2D eigenvalue weighted by molar-refractivity contribution is 9.11. The van der Waals surface area contributed by atoms with Crippen molar-refractivity contribution in [3.63, 3.8) is 0 Å². The summed E-state index contributed by atoms with van der Waals surface area (Å²) in [6.07, 6.45) is 1.72. The fraction of sp³-hybridized carbons (Fsp3) is 0.750. The Kier molecular flexibility index (Phi) is 4.28. The quantitative estimate of drug-likeness (QED) is 0.868. The second-order valence-corrected chi connectivity index (χ2v) is 5.38. The fourth-order valence-corrected chi connectivity index (χ4v) is 2.30. The average Bonchev–Trinajstić information content (AvgIpc) is 2.61. The molecule has 0 aliphatic heterocycles. The molecule has 0 saturated heterocycles. The van der Waals surface area contributed by atoms with Gasteiger partial charge >= 0.3 is 0 Å². The van der Waals surface area contributed by atoms with Gasteiger partial charge in [-0.3, -0.25) is 0 Å². The van der Waals surface area contributed by atoms with E-state index in [1.165, 1.54) is 11.3 Å². The van der Waals surface area contributed by atoms with E-state index in [0.717, 1.165) is 21.9 Å². The zero-order valence-electron chi connectivity index (χ0n) is 8.25. The number of hydrogen-bond donors (Lipinski definition) is 2. The van der Waals surface area contributed by atoms with Crippen LogP contribution >= 0.6 is 27.3 Å². The van der Waals surface area contributed by atoms with E-state index in [0.29, 0.717) is 0 Å². The van der Waals surface area contributed by atoms with E-state index in [9.17, 15) is 5.11 Å². The van der Waals surface area contributed by atoms with Crippen molar-refractivity contribution in [2.45, 2.75) is 32.2 Å². The first kappa shape index (κ1) is 11.9. The van der Waals surface area contributed by atoms with E-state index >= 15 is 0 Å². The second kappa shape index (κ2) is 5.04. The number of halogens is 1. The number of anilines is 1. The van der Waals surface area contributed by atoms with Gasteiger partial charge in [0.15, 0.2) is 3.92 Å². The van der Waals surface area contributed by atoms with Crippen LogP contribution in [0.3, 0.4) is 0 Å². The van der Waals surface area contributed by atoms with Gasteiger partial charge in [-0.25, -0.2) is 0 Å². The molecule has 0 spiro atoms. The maximum atomic E-state index is 9.33. The minimum Gasteiger partial charge on any atom is -0.394 e. The van der Waals surface area contributed by atoms with Crippen LogP contribution in [0.25, 0.3) is 0 Å². The number of rotatable bonds is 5. The predicted molar refractivity (Wildman–Crippen MR) is 61.6 cm³/mol. The molecule has 1 rings (SSSR count). The van der Waals surface area contributed by atoms with Crippen molar-refractivity contribution >= 4 is 32.4 Å². The van der Waals surface area contributed by atoms with Gasteiger partial charge in [0, 0.05) is 0 Å². The third-order valence-corrected chi connectivity index (χ3v) is 3.70. The number of hydrogen-bond acceptors (Lipinski definition) is 5. The summed E-state index contributed by atoms with van der Waals surface area (Å²) in [5.74, 6) is 0.